The molecule has 11 heteroatoms. The molecule has 0 aliphatic carbocycles. The first-order valence-electron chi connectivity index (χ1n) is 9.75. The Morgan fingerprint density at radius 3 is 2.35 bits per heavy atom. The minimum Gasteiger partial charge on any atom is -0.341 e. The van der Waals surface area contributed by atoms with E-state index in [9.17, 15) is 16.8 Å². The van der Waals surface area contributed by atoms with Crippen molar-refractivity contribution in [3.8, 4) is 0 Å². The van der Waals surface area contributed by atoms with Gasteiger partial charge in [-0.05, 0) is 29.8 Å². The number of amidine groups is 1. The van der Waals surface area contributed by atoms with E-state index in [1.165, 1.54) is 12.3 Å². The Bertz CT molecular complexity index is 1240. The number of rotatable bonds is 5. The Morgan fingerprint density at radius 1 is 1.03 bits per heavy atom. The number of nitrogens with zero attached hydrogens (tertiary/aromatic N) is 3. The number of benzene rings is 2. The molecule has 2 aliphatic heterocycles. The molecule has 0 radical (unpaired) electrons. The summed E-state index contributed by atoms with van der Waals surface area (Å²) in [6, 6.07) is 11.7. The van der Waals surface area contributed by atoms with Crippen LogP contribution < -0.4 is 5.32 Å². The monoisotopic (exact) mass is 482 g/mol. The molecule has 31 heavy (non-hydrogen) atoms. The Balaban J connectivity index is 1.39. The maximum Gasteiger partial charge on any atom is 0.286 e. The summed E-state index contributed by atoms with van der Waals surface area (Å²) in [6.07, 6.45) is 1.22. The van der Waals surface area contributed by atoms with E-state index in [0.717, 1.165) is 31.7 Å². The van der Waals surface area contributed by atoms with Crippen molar-refractivity contribution in [3.63, 3.8) is 0 Å². The number of hydrogen-bond acceptors (Lipinski definition) is 7. The van der Waals surface area contributed by atoms with Crippen molar-refractivity contribution in [1.29, 1.82) is 0 Å². The summed E-state index contributed by atoms with van der Waals surface area (Å²) < 4.78 is 52.9. The molecule has 0 unspecified atom stereocenters. The van der Waals surface area contributed by atoms with Crippen molar-refractivity contribution in [2.24, 2.45) is 4.40 Å². The van der Waals surface area contributed by atoms with Gasteiger partial charge in [0, 0.05) is 44.0 Å². The van der Waals surface area contributed by atoms with Crippen molar-refractivity contribution in [2.45, 2.75) is 16.3 Å². The normalized spacial score (nSPS) is 19.4. The molecular weight excluding hydrogens is 460 g/mol. The minimum absolute atomic E-state index is 0.0816. The van der Waals surface area contributed by atoms with Crippen LogP contribution in [-0.4, -0.2) is 71.5 Å². The van der Waals surface area contributed by atoms with Crippen LogP contribution >= 0.6 is 11.6 Å². The van der Waals surface area contributed by atoms with Gasteiger partial charge in [0.25, 0.3) is 10.0 Å². The van der Waals surface area contributed by atoms with E-state index < -0.39 is 19.9 Å². The maximum atomic E-state index is 12.5. The fourth-order valence-corrected chi connectivity index (χ4v) is 6.14. The Labute approximate surface area is 187 Å². The molecule has 0 bridgehead atoms. The van der Waals surface area contributed by atoms with Crippen molar-refractivity contribution >= 4 is 43.0 Å². The van der Waals surface area contributed by atoms with E-state index in [1.54, 1.807) is 24.3 Å². The molecule has 0 atom stereocenters. The van der Waals surface area contributed by atoms with Gasteiger partial charge in [0.05, 0.1) is 17.1 Å². The lowest BCUT2D eigenvalue weighted by molar-refractivity contribution is 0.139. The van der Waals surface area contributed by atoms with Crippen LogP contribution in [0.5, 0.6) is 0 Å². The number of sulfone groups is 1. The summed E-state index contributed by atoms with van der Waals surface area (Å²) in [6.45, 7) is 3.85. The predicted molar refractivity (Wildman–Crippen MR) is 121 cm³/mol. The molecule has 4 rings (SSSR count). The fraction of sp³-hybridized carbons (Fsp3) is 0.350. The quantitative estimate of drug-likeness (QED) is 0.696. The summed E-state index contributed by atoms with van der Waals surface area (Å²) in [7, 11) is -7.07. The molecule has 1 fully saturated rings. The predicted octanol–water partition coefficient (Wildman–Crippen LogP) is 2.07. The number of hydrogen-bond donors (Lipinski definition) is 1. The number of halogens is 1. The number of fused-ring (bicyclic) bond motifs is 1. The van der Waals surface area contributed by atoms with Crippen LogP contribution in [0.1, 0.15) is 5.56 Å². The van der Waals surface area contributed by atoms with E-state index in [0.29, 0.717) is 34.5 Å². The van der Waals surface area contributed by atoms with Crippen molar-refractivity contribution < 1.29 is 16.8 Å². The van der Waals surface area contributed by atoms with E-state index in [2.05, 4.69) is 19.5 Å². The lowest BCUT2D eigenvalue weighted by Gasteiger charge is -2.35. The molecule has 2 heterocycles. The standard InChI is InChI=1S/C20H23ClN4O4S2/c1-30(26,27)18-5-3-2-4-15(18)13-24-8-10-25(11-9-24)14-20-22-17-7-6-16(21)12-19(17)31(28,29)23-20/h2-7,12H,8-11,13-14H2,1H3,(H,22,23). The molecule has 0 saturated carbocycles. The van der Waals surface area contributed by atoms with Crippen LogP contribution in [0.25, 0.3) is 0 Å². The molecule has 1 N–H and O–H groups in total. The van der Waals surface area contributed by atoms with Crippen LogP contribution in [-0.2, 0) is 26.4 Å². The van der Waals surface area contributed by atoms with Crippen LogP contribution in [0.3, 0.4) is 0 Å². The zero-order valence-corrected chi connectivity index (χ0v) is 19.3. The average Bonchev–Trinajstić information content (AvgIpc) is 2.69. The lowest BCUT2D eigenvalue weighted by atomic mass is 10.2. The first kappa shape index (κ1) is 22.2. The zero-order chi connectivity index (χ0) is 22.2. The number of sulfonamides is 1. The van der Waals surface area contributed by atoms with Crippen LogP contribution in [0.4, 0.5) is 5.69 Å². The second-order valence-electron chi connectivity index (χ2n) is 7.71. The smallest absolute Gasteiger partial charge is 0.286 e. The summed E-state index contributed by atoms with van der Waals surface area (Å²) in [4.78, 5) is 4.77. The number of nitrogens with one attached hydrogen (secondary N) is 1. The van der Waals surface area contributed by atoms with Gasteiger partial charge in [-0.2, -0.15) is 8.42 Å². The largest absolute Gasteiger partial charge is 0.341 e. The van der Waals surface area contributed by atoms with Crippen molar-refractivity contribution in [3.05, 3.63) is 53.1 Å². The topological polar surface area (TPSA) is 99.2 Å². The van der Waals surface area contributed by atoms with Gasteiger partial charge in [-0.1, -0.05) is 29.8 Å². The van der Waals surface area contributed by atoms with Gasteiger partial charge in [-0.15, -0.1) is 4.40 Å². The highest BCUT2D eigenvalue weighted by Crippen LogP contribution is 2.30. The molecule has 8 nitrogen and oxygen atoms in total. The second-order valence-corrected chi connectivity index (χ2v) is 11.7. The number of piperazine rings is 1. The first-order valence-corrected chi connectivity index (χ1v) is 13.5. The maximum absolute atomic E-state index is 12.5. The summed E-state index contributed by atoms with van der Waals surface area (Å²) in [5.41, 5.74) is 1.27. The molecule has 0 aromatic heterocycles. The van der Waals surface area contributed by atoms with Gasteiger partial charge >= 0.3 is 0 Å². The fourth-order valence-electron chi connectivity index (χ4n) is 3.81. The lowest BCUT2D eigenvalue weighted by Crippen LogP contribution is -2.48. The van der Waals surface area contributed by atoms with Crippen LogP contribution in [0.2, 0.25) is 5.02 Å². The van der Waals surface area contributed by atoms with E-state index in [-0.39, 0.29) is 4.90 Å². The number of anilines is 1. The molecule has 0 spiro atoms. The third-order valence-electron chi connectivity index (χ3n) is 5.34. The highest BCUT2D eigenvalue weighted by Gasteiger charge is 2.27. The van der Waals surface area contributed by atoms with Gasteiger partial charge in [0.2, 0.25) is 0 Å². The molecule has 2 aromatic rings. The highest BCUT2D eigenvalue weighted by atomic mass is 35.5. The van der Waals surface area contributed by atoms with E-state index in [4.69, 9.17) is 11.6 Å². The Kier molecular flexibility index (Phi) is 6.10. The molecular formula is C20H23ClN4O4S2. The average molecular weight is 483 g/mol. The summed E-state index contributed by atoms with van der Waals surface area (Å²) in [5.74, 6) is 0.380. The van der Waals surface area contributed by atoms with Gasteiger partial charge in [0.15, 0.2) is 9.84 Å². The van der Waals surface area contributed by atoms with E-state index in [1.807, 2.05) is 12.1 Å². The third-order valence-corrected chi connectivity index (χ3v) is 8.12. The highest BCUT2D eigenvalue weighted by molar-refractivity contribution is 7.91. The minimum atomic E-state index is -3.79. The van der Waals surface area contributed by atoms with Gasteiger partial charge in [-0.25, -0.2) is 8.42 Å². The van der Waals surface area contributed by atoms with Crippen molar-refractivity contribution in [1.82, 2.24) is 9.80 Å². The van der Waals surface area contributed by atoms with Gasteiger partial charge in [-0.3, -0.25) is 9.80 Å². The Hall–Kier alpha value is -1.98. The first-order chi connectivity index (χ1) is 14.6. The van der Waals surface area contributed by atoms with Crippen molar-refractivity contribution in [2.75, 3.05) is 44.3 Å². The van der Waals surface area contributed by atoms with E-state index >= 15 is 0 Å². The molecule has 2 aliphatic rings. The third kappa shape index (κ3) is 5.09. The SMILES string of the molecule is CS(=O)(=O)c1ccccc1CN1CCN(CC2=NS(=O)(=O)c3cc(Cl)ccc3N2)CC1. The second kappa shape index (κ2) is 8.51. The van der Waals surface area contributed by atoms with Gasteiger partial charge in [0.1, 0.15) is 10.7 Å². The van der Waals surface area contributed by atoms with Crippen LogP contribution in [0.15, 0.2) is 56.7 Å². The van der Waals surface area contributed by atoms with Crippen LogP contribution in [0, 0.1) is 0 Å². The Morgan fingerprint density at radius 2 is 1.68 bits per heavy atom. The molecule has 0 amide bonds. The summed E-state index contributed by atoms with van der Waals surface area (Å²) in [5, 5.41) is 3.44. The van der Waals surface area contributed by atoms with Gasteiger partial charge < -0.3 is 5.32 Å². The molecule has 166 valence electrons. The zero-order valence-electron chi connectivity index (χ0n) is 17.0. The summed E-state index contributed by atoms with van der Waals surface area (Å²) >= 11 is 5.92. The molecule has 1 saturated heterocycles. The molecule has 2 aromatic carbocycles.